The van der Waals surface area contributed by atoms with E-state index < -0.39 is 63.1 Å². The van der Waals surface area contributed by atoms with Crippen LogP contribution in [0.3, 0.4) is 0 Å². The molecule has 1 rings (SSSR count). The molecule has 1 saturated carbocycles. The first kappa shape index (κ1) is 41.4. The third-order valence-corrected chi connectivity index (χ3v) is 9.02. The number of aliphatic hydroxyl groups excluding tert-OH is 5. The van der Waals surface area contributed by atoms with Gasteiger partial charge in [0.05, 0.1) is 13.2 Å². The van der Waals surface area contributed by atoms with Gasteiger partial charge in [-0.3, -0.25) is 13.8 Å². The molecule has 0 amide bonds. The van der Waals surface area contributed by atoms with Gasteiger partial charge < -0.3 is 39.9 Å². The number of aliphatic hydroxyl groups is 5. The van der Waals surface area contributed by atoms with Crippen LogP contribution in [0.1, 0.15) is 129 Å². The lowest BCUT2D eigenvalue weighted by Gasteiger charge is -2.41. The highest BCUT2D eigenvalue weighted by Crippen LogP contribution is 2.47. The van der Waals surface area contributed by atoms with Crippen LogP contribution in [0, 0.1) is 0 Å². The molecule has 0 radical (unpaired) electrons. The molecular weight excluding hydrogens is 595 g/mol. The van der Waals surface area contributed by atoms with Gasteiger partial charge in [-0.25, -0.2) is 4.57 Å². The summed E-state index contributed by atoms with van der Waals surface area (Å²) in [6.45, 7) is 3.17. The van der Waals surface area contributed by atoms with Crippen LogP contribution >= 0.6 is 7.82 Å². The van der Waals surface area contributed by atoms with Gasteiger partial charge in [0, 0.05) is 13.5 Å². The Morgan fingerprint density at radius 1 is 0.636 bits per heavy atom. The largest absolute Gasteiger partial charge is 0.472 e. The molecule has 13 heteroatoms. The number of esters is 1. The normalized spacial score (nSPS) is 25.9. The number of unbranched alkanes of at least 4 members (excludes halogenated alkanes) is 17. The van der Waals surface area contributed by atoms with E-state index in [2.05, 4.69) is 6.92 Å². The predicted octanol–water partition coefficient (Wildman–Crippen LogP) is 4.30. The predicted molar refractivity (Wildman–Crippen MR) is 166 cm³/mol. The summed E-state index contributed by atoms with van der Waals surface area (Å²) in [6.07, 6.45) is 10.4. The molecule has 8 atom stereocenters. The highest BCUT2D eigenvalue weighted by molar-refractivity contribution is 7.47. The van der Waals surface area contributed by atoms with E-state index >= 15 is 0 Å². The van der Waals surface area contributed by atoms with E-state index in [0.717, 1.165) is 19.3 Å². The summed E-state index contributed by atoms with van der Waals surface area (Å²) in [7, 11) is -4.96. The van der Waals surface area contributed by atoms with E-state index in [4.69, 9.17) is 18.5 Å². The fraction of sp³-hybridized carbons (Fsp3) is 0.968. The summed E-state index contributed by atoms with van der Waals surface area (Å²) in [5.41, 5.74) is 0. The van der Waals surface area contributed by atoms with Gasteiger partial charge in [-0.2, -0.15) is 0 Å². The molecule has 1 aliphatic rings. The van der Waals surface area contributed by atoms with Gasteiger partial charge in [-0.15, -0.1) is 0 Å². The Balaban J connectivity index is 2.11. The third kappa shape index (κ3) is 18.5. The van der Waals surface area contributed by atoms with Crippen molar-refractivity contribution in [2.45, 2.75) is 172 Å². The van der Waals surface area contributed by atoms with Gasteiger partial charge >= 0.3 is 13.8 Å². The average Bonchev–Trinajstić information content (AvgIpc) is 2.98. The molecular formula is C31H61O12P. The average molecular weight is 657 g/mol. The molecule has 0 aromatic carbocycles. The van der Waals surface area contributed by atoms with Gasteiger partial charge in [0.15, 0.2) is 0 Å². The maximum atomic E-state index is 12.4. The Labute approximate surface area is 264 Å². The first-order valence-electron chi connectivity index (χ1n) is 16.8. The van der Waals surface area contributed by atoms with Crippen LogP contribution in [0.5, 0.6) is 0 Å². The first-order chi connectivity index (χ1) is 21.0. The Hall–Kier alpha value is -0.660. The summed E-state index contributed by atoms with van der Waals surface area (Å²) < 4.78 is 32.7. The maximum absolute atomic E-state index is 12.4. The number of hydrogen-bond acceptors (Lipinski definition) is 11. The second-order valence-electron chi connectivity index (χ2n) is 12.1. The van der Waals surface area contributed by atoms with Crippen LogP contribution in [0.25, 0.3) is 0 Å². The molecule has 6 unspecified atom stereocenters. The summed E-state index contributed by atoms with van der Waals surface area (Å²) >= 11 is 0. The molecule has 44 heavy (non-hydrogen) atoms. The molecule has 1 aliphatic carbocycles. The molecule has 0 saturated heterocycles. The quantitative estimate of drug-likeness (QED) is 0.0418. The highest BCUT2D eigenvalue weighted by Gasteiger charge is 2.51. The lowest BCUT2D eigenvalue weighted by molar-refractivity contribution is -0.220. The molecule has 0 aliphatic heterocycles. The van der Waals surface area contributed by atoms with Crippen molar-refractivity contribution < 1.29 is 58.3 Å². The number of rotatable bonds is 27. The molecule has 262 valence electrons. The maximum Gasteiger partial charge on any atom is 0.472 e. The SMILES string of the molecule is CCCCCCCCCCCCCCCCCCCCOC[C@H](COP(=O)(O)OC1C(O)C(O)C(O)[C@@H](O)C1O)OC(C)=O. The van der Waals surface area contributed by atoms with Crippen LogP contribution in [0.15, 0.2) is 0 Å². The van der Waals surface area contributed by atoms with Gasteiger partial charge in [0.2, 0.25) is 0 Å². The van der Waals surface area contributed by atoms with Crippen LogP contribution in [0.2, 0.25) is 0 Å². The minimum atomic E-state index is -4.96. The third-order valence-electron chi connectivity index (χ3n) is 8.03. The summed E-state index contributed by atoms with van der Waals surface area (Å²) in [4.78, 5) is 21.5. The van der Waals surface area contributed by atoms with Crippen LogP contribution < -0.4 is 0 Å². The fourth-order valence-electron chi connectivity index (χ4n) is 5.35. The fourth-order valence-corrected chi connectivity index (χ4v) is 6.33. The number of phosphoric acid groups is 1. The minimum Gasteiger partial charge on any atom is -0.458 e. The molecule has 12 nitrogen and oxygen atoms in total. The van der Waals surface area contributed by atoms with E-state index in [1.54, 1.807) is 0 Å². The van der Waals surface area contributed by atoms with E-state index in [-0.39, 0.29) is 6.61 Å². The second kappa shape index (κ2) is 24.5. The van der Waals surface area contributed by atoms with E-state index in [1.165, 1.54) is 103 Å². The minimum absolute atomic E-state index is 0.0865. The smallest absolute Gasteiger partial charge is 0.458 e. The Kier molecular flexibility index (Phi) is 23.0. The molecule has 0 spiro atoms. The van der Waals surface area contributed by atoms with Gasteiger partial charge in [-0.05, 0) is 6.42 Å². The van der Waals surface area contributed by atoms with Crippen molar-refractivity contribution in [2.75, 3.05) is 19.8 Å². The molecule has 0 aromatic heterocycles. The van der Waals surface area contributed by atoms with Gasteiger partial charge in [0.25, 0.3) is 0 Å². The zero-order valence-corrected chi connectivity index (χ0v) is 27.9. The van der Waals surface area contributed by atoms with Crippen molar-refractivity contribution >= 4 is 13.8 Å². The van der Waals surface area contributed by atoms with Crippen molar-refractivity contribution in [3.8, 4) is 0 Å². The molecule has 0 heterocycles. The first-order valence-corrected chi connectivity index (χ1v) is 18.3. The van der Waals surface area contributed by atoms with Gasteiger partial charge in [-0.1, -0.05) is 116 Å². The lowest BCUT2D eigenvalue weighted by Crippen LogP contribution is -2.64. The number of carbonyl (C=O) groups excluding carboxylic acids is 1. The summed E-state index contributed by atoms with van der Waals surface area (Å²) in [5, 5.41) is 49.2. The van der Waals surface area contributed by atoms with Gasteiger partial charge in [0.1, 0.15) is 42.7 Å². The Morgan fingerprint density at radius 2 is 1.02 bits per heavy atom. The van der Waals surface area contributed by atoms with Crippen molar-refractivity contribution in [3.63, 3.8) is 0 Å². The zero-order valence-electron chi connectivity index (χ0n) is 27.0. The number of phosphoric ester groups is 1. The van der Waals surface area contributed by atoms with E-state index in [1.807, 2.05) is 0 Å². The highest BCUT2D eigenvalue weighted by atomic mass is 31.2. The standard InChI is InChI=1S/C31H61O12P/c1-3-4-5-6-7-8-9-10-11-12-13-14-15-16-17-18-19-20-21-40-22-25(42-24(2)32)23-41-44(38,39)43-31-29(36)27(34)26(33)28(35)30(31)37/h25-31,33-37H,3-23H2,1-2H3,(H,38,39)/t25-,26?,27-,28?,29?,30?,31?/m1/s1. The van der Waals surface area contributed by atoms with Crippen LogP contribution in [-0.2, 0) is 27.9 Å². The second-order valence-corrected chi connectivity index (χ2v) is 13.5. The van der Waals surface area contributed by atoms with Crippen LogP contribution in [-0.4, -0.2) is 98.9 Å². The van der Waals surface area contributed by atoms with Crippen molar-refractivity contribution in [2.24, 2.45) is 0 Å². The zero-order chi connectivity index (χ0) is 32.8. The monoisotopic (exact) mass is 656 g/mol. The van der Waals surface area contributed by atoms with Crippen molar-refractivity contribution in [1.29, 1.82) is 0 Å². The molecule has 1 fully saturated rings. The number of ether oxygens (including phenoxy) is 2. The van der Waals surface area contributed by atoms with E-state index in [9.17, 15) is 39.8 Å². The number of carbonyl (C=O) groups is 1. The summed E-state index contributed by atoms with van der Waals surface area (Å²) in [6, 6.07) is 0. The topological polar surface area (TPSA) is 192 Å². The van der Waals surface area contributed by atoms with Crippen molar-refractivity contribution in [3.05, 3.63) is 0 Å². The molecule has 0 aromatic rings. The Bertz CT molecular complexity index is 756. The Morgan fingerprint density at radius 3 is 1.43 bits per heavy atom. The van der Waals surface area contributed by atoms with E-state index in [0.29, 0.717) is 6.61 Å². The van der Waals surface area contributed by atoms with Crippen LogP contribution in [0.4, 0.5) is 0 Å². The lowest BCUT2D eigenvalue weighted by atomic mass is 9.85. The molecule has 0 bridgehead atoms. The molecule has 6 N–H and O–H groups in total. The number of hydrogen-bond donors (Lipinski definition) is 6. The van der Waals surface area contributed by atoms with Crippen molar-refractivity contribution in [1.82, 2.24) is 0 Å². The summed E-state index contributed by atoms with van der Waals surface area (Å²) in [5.74, 6) is -0.651.